The summed E-state index contributed by atoms with van der Waals surface area (Å²) in [6.07, 6.45) is 4.53. The molecule has 0 saturated carbocycles. The number of carbonyl (C=O) groups excluding carboxylic acids is 1. The summed E-state index contributed by atoms with van der Waals surface area (Å²) in [6.45, 7) is 9.08. The minimum Gasteiger partial charge on any atom is -0.507 e. The molecule has 1 rings (SSSR count). The first-order chi connectivity index (χ1) is 15.6. The van der Waals surface area contributed by atoms with Crippen molar-refractivity contribution in [3.05, 3.63) is 39.3 Å². The average molecular weight is 483 g/mol. The Morgan fingerprint density at radius 1 is 1.12 bits per heavy atom. The molecule has 0 aliphatic carbocycles. The zero-order chi connectivity index (χ0) is 24.9. The molecule has 1 aromatic rings. The fourth-order valence-corrected chi connectivity index (χ4v) is 4.19. The molecule has 10 heteroatoms. The van der Waals surface area contributed by atoms with Crippen LogP contribution in [0, 0.1) is 0 Å². The van der Waals surface area contributed by atoms with Gasteiger partial charge in [-0.2, -0.15) is 0 Å². The topological polar surface area (TPSA) is 141 Å². The van der Waals surface area contributed by atoms with Crippen molar-refractivity contribution >= 4 is 16.1 Å². The fraction of sp³-hybridized carbons (Fsp3) is 0.696. The van der Waals surface area contributed by atoms with Gasteiger partial charge in [-0.25, -0.2) is 13.2 Å². The number of phenolic OH excluding ortho intramolecular Hbond substituents is 1. The van der Waals surface area contributed by atoms with Gasteiger partial charge in [0, 0.05) is 16.0 Å². The largest absolute Gasteiger partial charge is 0.507 e. The van der Waals surface area contributed by atoms with E-state index in [0.29, 0.717) is 30.6 Å². The molecular weight excluding hydrogens is 444 g/mol. The summed E-state index contributed by atoms with van der Waals surface area (Å²) in [5.74, 6) is 0.763. The highest BCUT2D eigenvalue weighted by Crippen LogP contribution is 2.37. The highest BCUT2D eigenvalue weighted by atomic mass is 32.2. The molecule has 2 N–H and O–H groups in total. The summed E-state index contributed by atoms with van der Waals surface area (Å²) in [6, 6.07) is 4.20. The van der Waals surface area contributed by atoms with E-state index in [1.807, 2.05) is 0 Å². The van der Waals surface area contributed by atoms with Gasteiger partial charge < -0.3 is 15.2 Å². The second-order valence-corrected chi connectivity index (χ2v) is 10.2. The standard InChI is InChI=1S/C23H38N4O5S/c1-5-17(3)20-15-19(16-21(22(20)28)18(4)6-2)11-7-9-13-32-23(29)25-12-8-10-14-33(30,31)27-26-24/h15-18,28H,5-14H2,1-4H3,(H,25,29). The second-order valence-electron chi connectivity index (χ2n) is 8.43. The summed E-state index contributed by atoms with van der Waals surface area (Å²) in [5.41, 5.74) is 11.4. The van der Waals surface area contributed by atoms with Crippen LogP contribution in [0.15, 0.2) is 16.7 Å². The second kappa shape index (κ2) is 14.6. The van der Waals surface area contributed by atoms with Crippen LogP contribution in [-0.4, -0.2) is 38.5 Å². The molecule has 1 aromatic carbocycles. The van der Waals surface area contributed by atoms with E-state index in [4.69, 9.17) is 10.3 Å². The molecule has 9 nitrogen and oxygen atoms in total. The van der Waals surface area contributed by atoms with Crippen LogP contribution in [0.1, 0.15) is 94.7 Å². The minimum absolute atomic E-state index is 0.247. The number of hydrogen-bond donors (Lipinski definition) is 2. The smallest absolute Gasteiger partial charge is 0.407 e. The van der Waals surface area contributed by atoms with E-state index in [1.165, 1.54) is 5.56 Å². The quantitative estimate of drug-likeness (QED) is 0.139. The lowest BCUT2D eigenvalue weighted by Gasteiger charge is -2.20. The van der Waals surface area contributed by atoms with E-state index in [9.17, 15) is 18.3 Å². The molecule has 0 aromatic heterocycles. The van der Waals surface area contributed by atoms with Crippen LogP contribution < -0.4 is 5.32 Å². The first-order valence-corrected chi connectivity index (χ1v) is 13.3. The van der Waals surface area contributed by atoms with E-state index >= 15 is 0 Å². The fourth-order valence-electron chi connectivity index (χ4n) is 3.42. The molecule has 0 heterocycles. The maximum absolute atomic E-state index is 11.7. The number of nitrogens with zero attached hydrogens (tertiary/aromatic N) is 3. The number of aromatic hydroxyl groups is 1. The summed E-state index contributed by atoms with van der Waals surface area (Å²) < 4.78 is 30.4. The number of phenols is 1. The monoisotopic (exact) mass is 482 g/mol. The van der Waals surface area contributed by atoms with Crippen molar-refractivity contribution in [2.45, 2.75) is 84.5 Å². The molecule has 2 unspecified atom stereocenters. The van der Waals surface area contributed by atoms with Crippen LogP contribution >= 0.6 is 0 Å². The summed E-state index contributed by atoms with van der Waals surface area (Å²) >= 11 is 0. The number of ether oxygens (including phenoxy) is 1. The van der Waals surface area contributed by atoms with E-state index in [1.54, 1.807) is 0 Å². The molecule has 0 aliphatic rings. The van der Waals surface area contributed by atoms with E-state index < -0.39 is 16.1 Å². The van der Waals surface area contributed by atoms with Crippen LogP contribution in [0.2, 0.25) is 0 Å². The van der Waals surface area contributed by atoms with E-state index in [2.05, 4.69) is 54.6 Å². The third kappa shape index (κ3) is 10.4. The van der Waals surface area contributed by atoms with Crippen molar-refractivity contribution in [2.75, 3.05) is 18.9 Å². The van der Waals surface area contributed by atoms with Gasteiger partial charge in [0.15, 0.2) is 0 Å². The number of azide groups is 1. The molecule has 0 aliphatic heterocycles. The number of aryl methyl sites for hydroxylation is 1. The molecule has 0 fully saturated rings. The normalized spacial score (nSPS) is 13.1. The summed E-state index contributed by atoms with van der Waals surface area (Å²) in [5, 5.41) is 13.3. The minimum atomic E-state index is -3.75. The molecule has 33 heavy (non-hydrogen) atoms. The van der Waals surface area contributed by atoms with Crippen molar-refractivity contribution in [3.63, 3.8) is 0 Å². The Morgan fingerprint density at radius 3 is 2.27 bits per heavy atom. The molecule has 0 bridgehead atoms. The van der Waals surface area contributed by atoms with Gasteiger partial charge in [0.2, 0.25) is 10.0 Å². The average Bonchev–Trinajstić information content (AvgIpc) is 2.78. The van der Waals surface area contributed by atoms with Gasteiger partial charge in [-0.15, -0.1) is 0 Å². The number of benzene rings is 1. The Morgan fingerprint density at radius 2 is 1.73 bits per heavy atom. The molecule has 0 radical (unpaired) electrons. The predicted molar refractivity (Wildman–Crippen MR) is 130 cm³/mol. The van der Waals surface area contributed by atoms with Crippen LogP contribution in [0.5, 0.6) is 5.75 Å². The Labute approximate surface area is 197 Å². The SMILES string of the molecule is CCC(C)c1cc(CCCCOC(=O)NCCCCS(=O)(=O)N=[N+]=[N-])cc(C(C)CC)c1O. The van der Waals surface area contributed by atoms with Crippen LogP contribution in [0.25, 0.3) is 10.4 Å². The summed E-state index contributed by atoms with van der Waals surface area (Å²) in [7, 11) is -3.75. The Hall–Kier alpha value is -2.45. The van der Waals surface area contributed by atoms with Crippen LogP contribution in [-0.2, 0) is 21.2 Å². The lowest BCUT2D eigenvalue weighted by molar-refractivity contribution is 0.144. The third-order valence-corrected chi connectivity index (χ3v) is 6.99. The van der Waals surface area contributed by atoms with Gasteiger partial charge in [-0.3, -0.25) is 0 Å². The Kier molecular flexibility index (Phi) is 12.7. The number of hydrogen-bond acceptors (Lipinski definition) is 5. The number of unbranched alkanes of at least 4 members (excludes halogenated alkanes) is 2. The molecule has 186 valence electrons. The van der Waals surface area contributed by atoms with Gasteiger partial charge >= 0.3 is 6.09 Å². The van der Waals surface area contributed by atoms with Gasteiger partial charge in [-0.1, -0.05) is 39.8 Å². The molecule has 0 spiro atoms. The van der Waals surface area contributed by atoms with Gasteiger partial charge in [0.1, 0.15) is 5.75 Å². The molecular formula is C23H38N4O5S. The lowest BCUT2D eigenvalue weighted by Crippen LogP contribution is -2.26. The number of sulfonamides is 1. The van der Waals surface area contributed by atoms with Crippen molar-refractivity contribution in [1.82, 2.24) is 5.32 Å². The highest BCUT2D eigenvalue weighted by Gasteiger charge is 2.17. The van der Waals surface area contributed by atoms with Crippen molar-refractivity contribution in [2.24, 2.45) is 4.52 Å². The Bertz CT molecular complexity index is 882. The van der Waals surface area contributed by atoms with Crippen LogP contribution in [0.4, 0.5) is 4.79 Å². The first-order valence-electron chi connectivity index (χ1n) is 11.7. The van der Waals surface area contributed by atoms with Crippen molar-refractivity contribution < 1.29 is 23.1 Å². The van der Waals surface area contributed by atoms with E-state index in [-0.39, 0.29) is 18.7 Å². The molecule has 1 amide bonds. The van der Waals surface area contributed by atoms with Gasteiger partial charge in [0.25, 0.3) is 0 Å². The number of rotatable bonds is 15. The van der Waals surface area contributed by atoms with E-state index in [0.717, 1.165) is 43.2 Å². The van der Waals surface area contributed by atoms with Crippen molar-refractivity contribution in [1.29, 1.82) is 0 Å². The highest BCUT2D eigenvalue weighted by molar-refractivity contribution is 7.89. The molecule has 2 atom stereocenters. The number of nitrogens with one attached hydrogen (secondary N) is 1. The number of amides is 1. The van der Waals surface area contributed by atoms with Gasteiger partial charge in [-0.05, 0) is 79.0 Å². The predicted octanol–water partition coefficient (Wildman–Crippen LogP) is 5.89. The number of alkyl carbamates (subject to hydrolysis) is 1. The summed E-state index contributed by atoms with van der Waals surface area (Å²) in [4.78, 5) is 14.0. The van der Waals surface area contributed by atoms with Crippen LogP contribution in [0.3, 0.4) is 0 Å². The zero-order valence-electron chi connectivity index (χ0n) is 20.2. The maximum Gasteiger partial charge on any atom is 0.407 e. The zero-order valence-corrected chi connectivity index (χ0v) is 21.0. The number of carbonyl (C=O) groups is 1. The molecule has 0 saturated heterocycles. The van der Waals surface area contributed by atoms with Gasteiger partial charge in [0.05, 0.1) is 12.4 Å². The lowest BCUT2D eigenvalue weighted by atomic mass is 9.87. The maximum atomic E-state index is 11.7. The Balaban J connectivity index is 2.41. The van der Waals surface area contributed by atoms with Crippen molar-refractivity contribution in [3.8, 4) is 5.75 Å². The first kappa shape index (κ1) is 28.6. The third-order valence-electron chi connectivity index (χ3n) is 5.87.